The highest BCUT2D eigenvalue weighted by atomic mass is 35.5. The van der Waals surface area contributed by atoms with Crippen molar-refractivity contribution >= 4 is 29.2 Å². The van der Waals surface area contributed by atoms with Gasteiger partial charge in [0.1, 0.15) is 0 Å². The van der Waals surface area contributed by atoms with E-state index in [-0.39, 0.29) is 18.4 Å². The molecular formula is C23H27ClN2O4. The Morgan fingerprint density at radius 2 is 1.60 bits per heavy atom. The van der Waals surface area contributed by atoms with E-state index in [4.69, 9.17) is 21.8 Å². The lowest BCUT2D eigenvalue weighted by molar-refractivity contribution is -0.143. The van der Waals surface area contributed by atoms with Crippen molar-refractivity contribution in [2.24, 2.45) is 0 Å². The molecule has 1 aliphatic heterocycles. The van der Waals surface area contributed by atoms with Crippen molar-refractivity contribution in [3.05, 3.63) is 64.2 Å². The summed E-state index contributed by atoms with van der Waals surface area (Å²) >= 11 is 6.55. The van der Waals surface area contributed by atoms with Gasteiger partial charge >= 0.3 is 11.9 Å². The number of hydrogen-bond acceptors (Lipinski definition) is 4. The van der Waals surface area contributed by atoms with Crippen LogP contribution in [0.2, 0.25) is 5.02 Å². The maximum Gasteiger partial charge on any atom is 0.303 e. The van der Waals surface area contributed by atoms with Crippen molar-refractivity contribution in [1.29, 1.82) is 0 Å². The van der Waals surface area contributed by atoms with Crippen LogP contribution < -0.4 is 10.6 Å². The molecule has 0 spiro atoms. The van der Waals surface area contributed by atoms with E-state index in [1.165, 1.54) is 29.5 Å². The molecule has 4 N–H and O–H groups in total. The number of halogens is 1. The lowest BCUT2D eigenvalue weighted by Gasteiger charge is -2.24. The van der Waals surface area contributed by atoms with Crippen LogP contribution in [0, 0.1) is 0 Å². The molecule has 7 heteroatoms. The van der Waals surface area contributed by atoms with Gasteiger partial charge in [-0.3, -0.25) is 9.59 Å². The second-order valence-corrected chi connectivity index (χ2v) is 8.08. The SMILES string of the molecule is Clc1ccc2c(c1NC1(c3ccccc3)CC1)CCNCC2.O=C(O)CCC(=O)O. The van der Waals surface area contributed by atoms with Crippen LogP contribution in [-0.4, -0.2) is 35.2 Å². The predicted octanol–water partition coefficient (Wildman–Crippen LogP) is 4.07. The molecule has 1 fully saturated rings. The molecule has 0 amide bonds. The van der Waals surface area contributed by atoms with Crippen LogP contribution in [0.25, 0.3) is 0 Å². The van der Waals surface area contributed by atoms with Gasteiger partial charge in [0.2, 0.25) is 0 Å². The largest absolute Gasteiger partial charge is 0.481 e. The number of carboxylic acid groups (broad SMARTS) is 2. The monoisotopic (exact) mass is 430 g/mol. The van der Waals surface area contributed by atoms with Crippen LogP contribution in [0.3, 0.4) is 0 Å². The molecule has 1 aliphatic carbocycles. The molecule has 160 valence electrons. The number of fused-ring (bicyclic) bond motifs is 1. The number of anilines is 1. The Morgan fingerprint density at radius 3 is 2.20 bits per heavy atom. The van der Waals surface area contributed by atoms with Crippen molar-refractivity contribution in [2.75, 3.05) is 18.4 Å². The van der Waals surface area contributed by atoms with Gasteiger partial charge in [0.15, 0.2) is 0 Å². The summed E-state index contributed by atoms with van der Waals surface area (Å²) in [5, 5.41) is 23.9. The van der Waals surface area contributed by atoms with Gasteiger partial charge in [-0.1, -0.05) is 48.0 Å². The summed E-state index contributed by atoms with van der Waals surface area (Å²) in [6.07, 6.45) is 3.89. The summed E-state index contributed by atoms with van der Waals surface area (Å²) in [4.78, 5) is 19.3. The Morgan fingerprint density at radius 1 is 0.967 bits per heavy atom. The van der Waals surface area contributed by atoms with E-state index in [1.807, 2.05) is 0 Å². The van der Waals surface area contributed by atoms with E-state index in [0.717, 1.165) is 36.6 Å². The molecule has 0 radical (unpaired) electrons. The molecule has 0 atom stereocenters. The van der Waals surface area contributed by atoms with Crippen molar-refractivity contribution in [3.63, 3.8) is 0 Å². The van der Waals surface area contributed by atoms with Gasteiger partial charge < -0.3 is 20.8 Å². The first-order valence-electron chi connectivity index (χ1n) is 10.2. The number of nitrogens with one attached hydrogen (secondary N) is 2. The highest BCUT2D eigenvalue weighted by Crippen LogP contribution is 2.50. The standard InChI is InChI=1S/C19H21ClN2.C4H6O4/c20-17-7-6-14-8-12-21-13-9-16(14)18(17)22-19(10-11-19)15-4-2-1-3-5-15;5-3(6)1-2-4(7)8/h1-7,21-22H,8-13H2;1-2H2,(H,5,6)(H,7,8). The van der Waals surface area contributed by atoms with E-state index in [2.05, 4.69) is 53.1 Å². The van der Waals surface area contributed by atoms with Crippen LogP contribution in [0.1, 0.15) is 42.4 Å². The second-order valence-electron chi connectivity index (χ2n) is 7.67. The topological polar surface area (TPSA) is 98.7 Å². The lowest BCUT2D eigenvalue weighted by atomic mass is 9.98. The second kappa shape index (κ2) is 9.96. The quantitative estimate of drug-likeness (QED) is 0.551. The summed E-state index contributed by atoms with van der Waals surface area (Å²) < 4.78 is 0. The fraction of sp³-hybridized carbons (Fsp3) is 0.391. The molecular weight excluding hydrogens is 404 g/mol. The number of rotatable bonds is 6. The Kier molecular flexibility index (Phi) is 7.34. The first-order chi connectivity index (χ1) is 14.4. The van der Waals surface area contributed by atoms with Crippen LogP contribution in [-0.2, 0) is 28.0 Å². The summed E-state index contributed by atoms with van der Waals surface area (Å²) in [6, 6.07) is 15.0. The maximum atomic E-state index is 9.64. The number of carboxylic acids is 2. The van der Waals surface area contributed by atoms with Gasteiger partial charge in [0, 0.05) is 0 Å². The van der Waals surface area contributed by atoms with E-state index in [0.29, 0.717) is 0 Å². The third-order valence-corrected chi connectivity index (χ3v) is 5.79. The molecule has 1 heterocycles. The van der Waals surface area contributed by atoms with E-state index < -0.39 is 11.9 Å². The third-order valence-electron chi connectivity index (χ3n) is 5.48. The Labute approximate surface area is 181 Å². The minimum atomic E-state index is -1.08. The zero-order chi connectivity index (χ0) is 21.6. The number of carbonyl (C=O) groups is 2. The fourth-order valence-corrected chi connectivity index (χ4v) is 3.92. The van der Waals surface area contributed by atoms with Crippen LogP contribution >= 0.6 is 11.6 Å². The smallest absolute Gasteiger partial charge is 0.303 e. The molecule has 2 aromatic carbocycles. The number of benzene rings is 2. The Hall–Kier alpha value is -2.57. The molecule has 0 unspecified atom stereocenters. The van der Waals surface area contributed by atoms with Crippen molar-refractivity contribution in [3.8, 4) is 0 Å². The molecule has 6 nitrogen and oxygen atoms in total. The van der Waals surface area contributed by atoms with Gasteiger partial charge in [-0.05, 0) is 61.5 Å². The summed E-state index contributed by atoms with van der Waals surface area (Å²) in [7, 11) is 0. The zero-order valence-electron chi connectivity index (χ0n) is 16.8. The minimum absolute atomic E-state index is 0.0831. The van der Waals surface area contributed by atoms with E-state index in [1.54, 1.807) is 0 Å². The summed E-state index contributed by atoms with van der Waals surface area (Å²) in [6.45, 7) is 2.08. The van der Waals surface area contributed by atoms with E-state index in [9.17, 15) is 9.59 Å². The number of aliphatic carboxylic acids is 2. The Bertz CT molecular complexity index is 884. The predicted molar refractivity (Wildman–Crippen MR) is 117 cm³/mol. The summed E-state index contributed by atoms with van der Waals surface area (Å²) in [5.74, 6) is -2.15. The molecule has 0 bridgehead atoms. The van der Waals surface area contributed by atoms with Crippen molar-refractivity contribution in [1.82, 2.24) is 5.32 Å². The van der Waals surface area contributed by atoms with Gasteiger partial charge in [-0.25, -0.2) is 0 Å². The first-order valence-corrected chi connectivity index (χ1v) is 10.6. The van der Waals surface area contributed by atoms with Gasteiger partial charge in [-0.15, -0.1) is 0 Å². The zero-order valence-corrected chi connectivity index (χ0v) is 17.5. The summed E-state index contributed by atoms with van der Waals surface area (Å²) in [5.41, 5.74) is 5.44. The maximum absolute atomic E-state index is 9.64. The average molecular weight is 431 g/mol. The highest BCUT2D eigenvalue weighted by Gasteiger charge is 2.45. The van der Waals surface area contributed by atoms with E-state index >= 15 is 0 Å². The molecule has 0 saturated heterocycles. The average Bonchev–Trinajstić information content (AvgIpc) is 3.54. The fourth-order valence-electron chi connectivity index (χ4n) is 3.70. The molecule has 30 heavy (non-hydrogen) atoms. The minimum Gasteiger partial charge on any atom is -0.481 e. The van der Waals surface area contributed by atoms with Gasteiger partial charge in [0.05, 0.1) is 29.1 Å². The molecule has 2 aliphatic rings. The van der Waals surface area contributed by atoms with Crippen LogP contribution in [0.15, 0.2) is 42.5 Å². The molecule has 0 aromatic heterocycles. The molecule has 1 saturated carbocycles. The highest BCUT2D eigenvalue weighted by molar-refractivity contribution is 6.33. The normalized spacial score (nSPS) is 16.3. The van der Waals surface area contributed by atoms with Crippen LogP contribution in [0.5, 0.6) is 0 Å². The molecule has 4 rings (SSSR count). The number of hydrogen-bond donors (Lipinski definition) is 4. The van der Waals surface area contributed by atoms with Crippen molar-refractivity contribution < 1.29 is 19.8 Å². The van der Waals surface area contributed by atoms with Gasteiger partial charge in [0.25, 0.3) is 0 Å². The first kappa shape index (κ1) is 22.1. The van der Waals surface area contributed by atoms with Crippen molar-refractivity contribution in [2.45, 2.75) is 44.1 Å². The lowest BCUT2D eigenvalue weighted by Crippen LogP contribution is -2.20. The third kappa shape index (κ3) is 5.74. The van der Waals surface area contributed by atoms with Gasteiger partial charge in [-0.2, -0.15) is 0 Å². The Balaban J connectivity index is 0.000000275. The van der Waals surface area contributed by atoms with Crippen LogP contribution in [0.4, 0.5) is 5.69 Å². The molecule has 2 aromatic rings.